The van der Waals surface area contributed by atoms with E-state index >= 15 is 0 Å². The molecule has 2 aromatic carbocycles. The summed E-state index contributed by atoms with van der Waals surface area (Å²) in [4.78, 5) is 16.5. The topological polar surface area (TPSA) is 56.8 Å². The molecule has 0 amide bonds. The molecule has 0 radical (unpaired) electrons. The van der Waals surface area contributed by atoms with Crippen LogP contribution in [-0.2, 0) is 16.1 Å². The van der Waals surface area contributed by atoms with E-state index in [1.54, 1.807) is 20.1 Å². The Labute approximate surface area is 166 Å². The van der Waals surface area contributed by atoms with Crippen molar-refractivity contribution < 1.29 is 19.1 Å². The molecule has 0 saturated carbocycles. The first-order chi connectivity index (χ1) is 13.6. The summed E-state index contributed by atoms with van der Waals surface area (Å²) in [6, 6.07) is 16.2. The maximum Gasteiger partial charge on any atom is 0.168 e. The molecule has 0 spiro atoms. The lowest BCUT2D eigenvalue weighted by Gasteiger charge is -2.13. The zero-order chi connectivity index (χ0) is 19.8. The quantitative estimate of drug-likeness (QED) is 0.491. The van der Waals surface area contributed by atoms with Gasteiger partial charge in [0.15, 0.2) is 23.4 Å². The standard InChI is InChI=1S/C23H27NO4/c1-23(17-25)16-20(24-28-23)19-12-13-21(26-2)22(15-19)27-14-8-4-7-11-18-9-5-3-6-10-18/h3,5-6,9-10,12-13,15-17,24H,4,7-8,11,14H2,1-2H3. The SMILES string of the molecule is COc1ccc(C2=CC(C)(C=O)ON2)cc1OCCCCCc1ccccc1. The lowest BCUT2D eigenvalue weighted by atomic mass is 10.0. The van der Waals surface area contributed by atoms with Gasteiger partial charge >= 0.3 is 0 Å². The molecule has 1 unspecified atom stereocenters. The molecule has 3 rings (SSSR count). The van der Waals surface area contributed by atoms with E-state index in [9.17, 15) is 4.79 Å². The second-order valence-corrected chi connectivity index (χ2v) is 7.07. The molecule has 0 aromatic heterocycles. The third-order valence-corrected chi connectivity index (χ3v) is 4.73. The Morgan fingerprint density at radius 2 is 1.89 bits per heavy atom. The van der Waals surface area contributed by atoms with Gasteiger partial charge in [0.2, 0.25) is 0 Å². The third kappa shape index (κ3) is 5.14. The van der Waals surface area contributed by atoms with Gasteiger partial charge in [-0.25, -0.2) is 0 Å². The predicted molar refractivity (Wildman–Crippen MR) is 109 cm³/mol. The molecule has 28 heavy (non-hydrogen) atoms. The van der Waals surface area contributed by atoms with E-state index in [1.807, 2.05) is 24.3 Å². The van der Waals surface area contributed by atoms with Crippen LogP contribution >= 0.6 is 0 Å². The van der Waals surface area contributed by atoms with Crippen molar-refractivity contribution in [2.75, 3.05) is 13.7 Å². The van der Waals surface area contributed by atoms with Crippen LogP contribution in [0.5, 0.6) is 11.5 Å². The van der Waals surface area contributed by atoms with E-state index in [-0.39, 0.29) is 0 Å². The molecular weight excluding hydrogens is 354 g/mol. The van der Waals surface area contributed by atoms with Crippen molar-refractivity contribution in [3.63, 3.8) is 0 Å². The first kappa shape index (κ1) is 20.0. The van der Waals surface area contributed by atoms with E-state index in [2.05, 4.69) is 29.7 Å². The fourth-order valence-corrected chi connectivity index (χ4v) is 3.10. The van der Waals surface area contributed by atoms with E-state index in [0.29, 0.717) is 18.1 Å². The Bertz CT molecular complexity index is 819. The van der Waals surface area contributed by atoms with Crippen LogP contribution in [0.4, 0.5) is 0 Å². The molecule has 0 bridgehead atoms. The van der Waals surface area contributed by atoms with Crippen molar-refractivity contribution in [2.45, 2.75) is 38.2 Å². The normalized spacial score (nSPS) is 18.3. The summed E-state index contributed by atoms with van der Waals surface area (Å²) < 4.78 is 11.4. The highest BCUT2D eigenvalue weighted by Gasteiger charge is 2.30. The number of carbonyl (C=O) groups is 1. The minimum atomic E-state index is -0.949. The van der Waals surface area contributed by atoms with Crippen molar-refractivity contribution in [3.8, 4) is 11.5 Å². The second-order valence-electron chi connectivity index (χ2n) is 7.07. The van der Waals surface area contributed by atoms with Gasteiger partial charge < -0.3 is 9.47 Å². The Morgan fingerprint density at radius 3 is 2.61 bits per heavy atom. The van der Waals surface area contributed by atoms with E-state index < -0.39 is 5.60 Å². The fraction of sp³-hybridized carbons (Fsp3) is 0.348. The van der Waals surface area contributed by atoms with Crippen molar-refractivity contribution in [1.29, 1.82) is 0 Å². The Balaban J connectivity index is 1.53. The number of hydroxylamine groups is 1. The zero-order valence-corrected chi connectivity index (χ0v) is 16.4. The van der Waals surface area contributed by atoms with Crippen molar-refractivity contribution in [2.24, 2.45) is 0 Å². The van der Waals surface area contributed by atoms with Crippen molar-refractivity contribution >= 4 is 12.0 Å². The molecule has 1 aliphatic rings. The molecular formula is C23H27NO4. The van der Waals surface area contributed by atoms with Crippen molar-refractivity contribution in [1.82, 2.24) is 5.48 Å². The maximum atomic E-state index is 11.1. The second kappa shape index (κ2) is 9.42. The molecule has 2 aromatic rings. The minimum absolute atomic E-state index is 0.629. The molecule has 5 heteroatoms. The molecule has 1 aliphatic heterocycles. The highest BCUT2D eigenvalue weighted by molar-refractivity contribution is 5.76. The van der Waals surface area contributed by atoms with Crippen LogP contribution in [0.15, 0.2) is 54.6 Å². The van der Waals surface area contributed by atoms with Crippen LogP contribution in [0, 0.1) is 0 Å². The Kier molecular flexibility index (Phi) is 6.71. The molecule has 0 saturated heterocycles. The number of unbranched alkanes of at least 4 members (excludes halogenated alkanes) is 2. The van der Waals surface area contributed by atoms with E-state index in [1.165, 1.54) is 5.56 Å². The summed E-state index contributed by atoms with van der Waals surface area (Å²) in [5, 5.41) is 0. The average molecular weight is 381 g/mol. The first-order valence-corrected chi connectivity index (χ1v) is 9.62. The minimum Gasteiger partial charge on any atom is -0.493 e. The van der Waals surface area contributed by atoms with Gasteiger partial charge in [-0.15, -0.1) is 0 Å². The third-order valence-electron chi connectivity index (χ3n) is 4.73. The molecule has 5 nitrogen and oxygen atoms in total. The van der Waals surface area contributed by atoms with Crippen molar-refractivity contribution in [3.05, 3.63) is 65.7 Å². The zero-order valence-electron chi connectivity index (χ0n) is 16.4. The number of aldehydes is 1. The largest absolute Gasteiger partial charge is 0.493 e. The first-order valence-electron chi connectivity index (χ1n) is 9.62. The van der Waals surface area contributed by atoms with Gasteiger partial charge in [-0.2, -0.15) is 0 Å². The number of hydrogen-bond donors (Lipinski definition) is 1. The fourth-order valence-electron chi connectivity index (χ4n) is 3.10. The highest BCUT2D eigenvalue weighted by Crippen LogP contribution is 2.32. The smallest absolute Gasteiger partial charge is 0.168 e. The van der Waals surface area contributed by atoms with Crippen LogP contribution < -0.4 is 15.0 Å². The Hall–Kier alpha value is -2.79. The van der Waals surface area contributed by atoms with Crippen LogP contribution in [0.3, 0.4) is 0 Å². The van der Waals surface area contributed by atoms with Gasteiger partial charge in [0.1, 0.15) is 0 Å². The average Bonchev–Trinajstić information content (AvgIpc) is 3.14. The summed E-state index contributed by atoms with van der Waals surface area (Å²) in [5.74, 6) is 1.37. The van der Waals surface area contributed by atoms with Gasteiger partial charge in [-0.1, -0.05) is 30.3 Å². The van der Waals surface area contributed by atoms with Gasteiger partial charge in [0.25, 0.3) is 0 Å². The number of nitrogens with one attached hydrogen (secondary N) is 1. The predicted octanol–water partition coefficient (Wildman–Crippen LogP) is 4.32. The summed E-state index contributed by atoms with van der Waals surface area (Å²) in [6.45, 7) is 2.33. The monoisotopic (exact) mass is 381 g/mol. The number of hydrogen-bond acceptors (Lipinski definition) is 5. The lowest BCUT2D eigenvalue weighted by molar-refractivity contribution is -0.125. The summed E-state index contributed by atoms with van der Waals surface area (Å²) in [5.41, 5.74) is 4.86. The Morgan fingerprint density at radius 1 is 1.07 bits per heavy atom. The summed E-state index contributed by atoms with van der Waals surface area (Å²) in [7, 11) is 1.63. The molecule has 0 aliphatic carbocycles. The molecule has 148 valence electrons. The van der Waals surface area contributed by atoms with Crippen LogP contribution in [-0.4, -0.2) is 25.6 Å². The number of ether oxygens (including phenoxy) is 2. The van der Waals surface area contributed by atoms with E-state index in [0.717, 1.165) is 43.2 Å². The number of methoxy groups -OCH3 is 1. The summed E-state index contributed by atoms with van der Waals surface area (Å²) in [6.07, 6.45) is 6.85. The molecule has 1 N–H and O–H groups in total. The lowest BCUT2D eigenvalue weighted by Crippen LogP contribution is -2.26. The van der Waals surface area contributed by atoms with Crippen LogP contribution in [0.2, 0.25) is 0 Å². The number of benzene rings is 2. The van der Waals surface area contributed by atoms with Gasteiger partial charge in [0, 0.05) is 5.56 Å². The van der Waals surface area contributed by atoms with Gasteiger partial charge in [-0.3, -0.25) is 15.1 Å². The summed E-state index contributed by atoms with van der Waals surface area (Å²) >= 11 is 0. The highest BCUT2D eigenvalue weighted by atomic mass is 16.7. The maximum absolute atomic E-state index is 11.1. The number of carbonyl (C=O) groups excluding carboxylic acids is 1. The number of rotatable bonds is 10. The van der Waals surface area contributed by atoms with E-state index in [4.69, 9.17) is 14.3 Å². The molecule has 0 fully saturated rings. The molecule has 1 heterocycles. The van der Waals surface area contributed by atoms with Crippen LogP contribution in [0.25, 0.3) is 5.70 Å². The number of aryl methyl sites for hydroxylation is 1. The van der Waals surface area contributed by atoms with Gasteiger partial charge in [-0.05, 0) is 62.4 Å². The van der Waals surface area contributed by atoms with Gasteiger partial charge in [0.05, 0.1) is 19.4 Å². The molecule has 1 atom stereocenters. The van der Waals surface area contributed by atoms with Crippen LogP contribution in [0.1, 0.15) is 37.3 Å².